The number of nitrogens with two attached hydrogens (primary N) is 1. The molecule has 1 aliphatic heterocycles. The normalized spacial score (nSPS) is 15.4. The Kier molecular flexibility index (Phi) is 7.86. The molecule has 0 saturated carbocycles. The van der Waals surface area contributed by atoms with E-state index in [9.17, 15) is 18.0 Å². The third kappa shape index (κ3) is 6.50. The smallest absolute Gasteiger partial charge is 0.317 e. The summed E-state index contributed by atoms with van der Waals surface area (Å²) in [6.07, 6.45) is 0.0576. The number of hydrogen-bond donors (Lipinski definition) is 4. The van der Waals surface area contributed by atoms with Gasteiger partial charge < -0.3 is 15.7 Å². The number of carboxylic acid groups (broad SMARTS) is 1. The van der Waals surface area contributed by atoms with Crippen LogP contribution in [0.15, 0.2) is 71.6 Å². The van der Waals surface area contributed by atoms with Crippen LogP contribution in [-0.2, 0) is 26.0 Å². The Morgan fingerprint density at radius 3 is 2.35 bits per heavy atom. The summed E-state index contributed by atoms with van der Waals surface area (Å²) in [6.45, 7) is 1.21. The number of fused-ring (bicyclic) bond motifs is 1. The number of rotatable bonds is 9. The Morgan fingerprint density at radius 1 is 0.973 bits per heavy atom. The Hall–Kier alpha value is -3.80. The van der Waals surface area contributed by atoms with E-state index < -0.39 is 27.9 Å². The van der Waals surface area contributed by atoms with Crippen LogP contribution in [0.3, 0.4) is 0 Å². The summed E-state index contributed by atoms with van der Waals surface area (Å²) in [7, 11) is -4.06. The highest BCUT2D eigenvalue weighted by Crippen LogP contribution is 2.20. The molecule has 1 saturated heterocycles. The fourth-order valence-electron chi connectivity index (χ4n) is 4.41. The summed E-state index contributed by atoms with van der Waals surface area (Å²) in [5, 5.41) is 18.4. The zero-order valence-corrected chi connectivity index (χ0v) is 20.9. The second-order valence-corrected chi connectivity index (χ2v) is 10.7. The summed E-state index contributed by atoms with van der Waals surface area (Å²) in [5.74, 6) is -1.46. The zero-order chi connectivity index (χ0) is 26.6. The van der Waals surface area contributed by atoms with Gasteiger partial charge in [0.2, 0.25) is 15.9 Å². The van der Waals surface area contributed by atoms with Gasteiger partial charge in [0.05, 0.1) is 11.4 Å². The first-order valence-corrected chi connectivity index (χ1v) is 13.3. The first-order chi connectivity index (χ1) is 17.6. The molecular weight excluding hydrogens is 494 g/mol. The SMILES string of the molecule is N=C(N)c1cccc(CC(NS(=O)(=O)c2ccc3ccccc3c2)C(=O)N2CCN(CC(=O)O)CC2)c1. The number of benzene rings is 3. The van der Waals surface area contributed by atoms with Crippen molar-refractivity contribution in [1.29, 1.82) is 5.41 Å². The molecule has 1 heterocycles. The van der Waals surface area contributed by atoms with E-state index in [-0.39, 0.29) is 36.8 Å². The van der Waals surface area contributed by atoms with Crippen molar-refractivity contribution >= 4 is 38.5 Å². The number of amides is 1. The van der Waals surface area contributed by atoms with E-state index >= 15 is 0 Å². The summed E-state index contributed by atoms with van der Waals surface area (Å²) < 4.78 is 29.4. The minimum atomic E-state index is -4.06. The Morgan fingerprint density at radius 2 is 1.68 bits per heavy atom. The highest BCUT2D eigenvalue weighted by Gasteiger charge is 2.32. The van der Waals surface area contributed by atoms with Crippen LogP contribution >= 0.6 is 0 Å². The molecule has 1 atom stereocenters. The van der Waals surface area contributed by atoms with Gasteiger partial charge in [0, 0.05) is 31.7 Å². The van der Waals surface area contributed by atoms with Crippen molar-refractivity contribution < 1.29 is 23.1 Å². The van der Waals surface area contributed by atoms with E-state index in [2.05, 4.69) is 4.72 Å². The van der Waals surface area contributed by atoms with Crippen LogP contribution in [0, 0.1) is 5.41 Å². The van der Waals surface area contributed by atoms with Crippen molar-refractivity contribution in [3.63, 3.8) is 0 Å². The maximum atomic E-state index is 13.6. The van der Waals surface area contributed by atoms with E-state index in [0.29, 0.717) is 24.2 Å². The molecule has 4 rings (SSSR count). The minimum absolute atomic E-state index is 0.0489. The summed E-state index contributed by atoms with van der Waals surface area (Å²) in [6, 6.07) is 17.9. The minimum Gasteiger partial charge on any atom is -0.480 e. The average molecular weight is 524 g/mol. The van der Waals surface area contributed by atoms with Gasteiger partial charge in [-0.2, -0.15) is 4.72 Å². The number of amidine groups is 1. The lowest BCUT2D eigenvalue weighted by molar-refractivity contribution is -0.139. The Bertz CT molecular complexity index is 1430. The number of carbonyl (C=O) groups excluding carboxylic acids is 1. The van der Waals surface area contributed by atoms with E-state index in [1.165, 1.54) is 6.07 Å². The van der Waals surface area contributed by atoms with E-state index in [1.807, 2.05) is 24.3 Å². The predicted octanol–water partition coefficient (Wildman–Crippen LogP) is 1.24. The summed E-state index contributed by atoms with van der Waals surface area (Å²) in [5.41, 5.74) is 6.74. The third-order valence-electron chi connectivity index (χ3n) is 6.35. The van der Waals surface area contributed by atoms with Gasteiger partial charge in [-0.25, -0.2) is 8.42 Å². The van der Waals surface area contributed by atoms with Crippen molar-refractivity contribution in [1.82, 2.24) is 14.5 Å². The molecule has 0 aliphatic carbocycles. The lowest BCUT2D eigenvalue weighted by Gasteiger charge is -2.35. The molecule has 10 nitrogen and oxygen atoms in total. The van der Waals surface area contributed by atoms with Gasteiger partial charge in [-0.05, 0) is 41.0 Å². The number of nitrogen functional groups attached to an aromatic ring is 1. The highest BCUT2D eigenvalue weighted by atomic mass is 32.2. The van der Waals surface area contributed by atoms with Gasteiger partial charge in [0.15, 0.2) is 0 Å². The largest absolute Gasteiger partial charge is 0.480 e. The molecule has 11 heteroatoms. The third-order valence-corrected chi connectivity index (χ3v) is 7.82. The van der Waals surface area contributed by atoms with Gasteiger partial charge in [-0.3, -0.25) is 19.9 Å². The molecule has 3 aromatic rings. The second kappa shape index (κ2) is 11.1. The lowest BCUT2D eigenvalue weighted by atomic mass is 10.0. The molecule has 0 bridgehead atoms. The molecule has 37 heavy (non-hydrogen) atoms. The number of sulfonamides is 1. The summed E-state index contributed by atoms with van der Waals surface area (Å²) in [4.78, 5) is 27.9. The number of piperazine rings is 1. The molecule has 1 amide bonds. The number of nitrogens with one attached hydrogen (secondary N) is 2. The number of hydrogen-bond acceptors (Lipinski definition) is 6. The topological polar surface area (TPSA) is 157 Å². The van der Waals surface area contributed by atoms with Crippen LogP contribution in [0.5, 0.6) is 0 Å². The van der Waals surface area contributed by atoms with Gasteiger partial charge in [-0.1, -0.05) is 48.5 Å². The number of aliphatic carboxylic acids is 1. The molecule has 0 radical (unpaired) electrons. The Balaban J connectivity index is 1.60. The number of carboxylic acids is 1. The van der Waals surface area contributed by atoms with Crippen molar-refractivity contribution in [3.8, 4) is 0 Å². The molecule has 5 N–H and O–H groups in total. The van der Waals surface area contributed by atoms with Crippen LogP contribution in [-0.4, -0.2) is 79.8 Å². The van der Waals surface area contributed by atoms with Crippen molar-refractivity contribution in [2.45, 2.75) is 17.4 Å². The second-order valence-electron chi connectivity index (χ2n) is 9.00. The van der Waals surface area contributed by atoms with Gasteiger partial charge in [0.1, 0.15) is 11.9 Å². The highest BCUT2D eigenvalue weighted by molar-refractivity contribution is 7.89. The molecule has 1 fully saturated rings. The molecule has 1 aliphatic rings. The maximum absolute atomic E-state index is 13.6. The fraction of sp³-hybridized carbons (Fsp3) is 0.269. The Labute approximate surface area is 215 Å². The molecule has 194 valence electrons. The molecular formula is C26H29N5O5S. The molecule has 3 aromatic carbocycles. The summed E-state index contributed by atoms with van der Waals surface area (Å²) >= 11 is 0. The average Bonchev–Trinajstić information content (AvgIpc) is 2.87. The van der Waals surface area contributed by atoms with Crippen LogP contribution < -0.4 is 10.5 Å². The van der Waals surface area contributed by atoms with E-state index in [0.717, 1.165) is 10.8 Å². The van der Waals surface area contributed by atoms with Crippen molar-refractivity contribution in [2.75, 3.05) is 32.7 Å². The molecule has 0 aromatic heterocycles. The first kappa shape index (κ1) is 26.3. The van der Waals surface area contributed by atoms with Gasteiger partial charge in [-0.15, -0.1) is 0 Å². The quantitative estimate of drug-likeness (QED) is 0.243. The predicted molar refractivity (Wildman–Crippen MR) is 140 cm³/mol. The van der Waals surface area contributed by atoms with E-state index in [1.54, 1.807) is 46.2 Å². The van der Waals surface area contributed by atoms with Crippen LogP contribution in [0.2, 0.25) is 0 Å². The van der Waals surface area contributed by atoms with Crippen LogP contribution in [0.25, 0.3) is 10.8 Å². The number of carbonyl (C=O) groups is 2. The zero-order valence-electron chi connectivity index (χ0n) is 20.1. The van der Waals surface area contributed by atoms with Crippen LogP contribution in [0.1, 0.15) is 11.1 Å². The van der Waals surface area contributed by atoms with Gasteiger partial charge in [0.25, 0.3) is 0 Å². The van der Waals surface area contributed by atoms with Crippen LogP contribution in [0.4, 0.5) is 0 Å². The first-order valence-electron chi connectivity index (χ1n) is 11.8. The van der Waals surface area contributed by atoms with E-state index in [4.69, 9.17) is 16.2 Å². The monoisotopic (exact) mass is 523 g/mol. The maximum Gasteiger partial charge on any atom is 0.317 e. The molecule has 0 spiro atoms. The lowest BCUT2D eigenvalue weighted by Crippen LogP contribution is -2.56. The fourth-order valence-corrected chi connectivity index (χ4v) is 5.63. The standard InChI is InChI=1S/C26H29N5O5S/c27-25(28)21-7-3-4-18(14-21)15-23(26(34)31-12-10-30(11-13-31)17-24(32)33)29-37(35,36)22-9-8-19-5-1-2-6-20(19)16-22/h1-9,14,16,23,29H,10-13,15,17H2,(H3,27,28)(H,32,33). The number of nitrogens with zero attached hydrogens (tertiary/aromatic N) is 2. The van der Waals surface area contributed by atoms with Gasteiger partial charge >= 0.3 is 5.97 Å². The molecule has 1 unspecified atom stereocenters. The van der Waals surface area contributed by atoms with Crippen molar-refractivity contribution in [3.05, 3.63) is 77.9 Å². The van der Waals surface area contributed by atoms with Crippen molar-refractivity contribution in [2.24, 2.45) is 5.73 Å².